The van der Waals surface area contributed by atoms with Crippen LogP contribution in [0.15, 0.2) is 46.2 Å². The molecule has 0 bridgehead atoms. The van der Waals surface area contributed by atoms with Gasteiger partial charge in [0.2, 0.25) is 0 Å². The predicted octanol–water partition coefficient (Wildman–Crippen LogP) is 0.898. The largest absolute Gasteiger partial charge is 1.00 e. The minimum absolute atomic E-state index is 0. The predicted molar refractivity (Wildman–Crippen MR) is 92.4 cm³/mol. The summed E-state index contributed by atoms with van der Waals surface area (Å²) in [6.45, 7) is 0. The van der Waals surface area contributed by atoms with E-state index in [0.717, 1.165) is 23.6 Å². The number of halogens is 4. The van der Waals surface area contributed by atoms with Crippen LogP contribution in [0.1, 0.15) is 11.1 Å². The van der Waals surface area contributed by atoms with Crippen molar-refractivity contribution in [3.05, 3.63) is 73.8 Å². The van der Waals surface area contributed by atoms with E-state index in [4.69, 9.17) is 34.8 Å². The molecule has 10 heteroatoms. The normalized spacial score (nSPS) is 12.2. The average molecular weight is 431 g/mol. The summed E-state index contributed by atoms with van der Waals surface area (Å²) in [4.78, 5) is 0. The van der Waals surface area contributed by atoms with Crippen LogP contribution >= 0.6 is 34.8 Å². The van der Waals surface area contributed by atoms with Gasteiger partial charge in [-0.3, -0.25) is 0 Å². The van der Waals surface area contributed by atoms with E-state index in [1.807, 2.05) is 0 Å². The summed E-state index contributed by atoms with van der Waals surface area (Å²) in [7, 11) is -4.22. The van der Waals surface area contributed by atoms with E-state index in [1.165, 1.54) is 24.3 Å². The summed E-state index contributed by atoms with van der Waals surface area (Å²) < 4.78 is 39.8. The van der Waals surface area contributed by atoms with E-state index in [1.54, 1.807) is 0 Å². The minimum Gasteiger partial charge on any atom is -0.858 e. The van der Waals surface area contributed by atoms with E-state index in [-0.39, 0.29) is 40.1 Å². The number of hydrogen-bond donors (Lipinski definition) is 0. The molecule has 0 aliphatic carbocycles. The van der Waals surface area contributed by atoms with Gasteiger partial charge >= 0.3 is 29.6 Å². The van der Waals surface area contributed by atoms with Gasteiger partial charge in [-0.15, -0.1) is 0 Å². The maximum absolute atomic E-state index is 12.9. The van der Waals surface area contributed by atoms with Crippen molar-refractivity contribution in [2.45, 2.75) is 0 Å². The molecule has 0 aliphatic heterocycles. The van der Waals surface area contributed by atoms with Crippen molar-refractivity contribution in [2.24, 2.45) is 4.40 Å². The SMILES string of the molecule is O=S(=O)(/C=C/c1cc(Cl)cc(Cl)c1)/N=C(\[O-])c1ccc(F)cc1Cl.[Na+]. The molecular formula is C15H8Cl3FNNaO3S. The van der Waals surface area contributed by atoms with Crippen molar-refractivity contribution in [3.8, 4) is 0 Å². The van der Waals surface area contributed by atoms with Gasteiger partial charge in [0.05, 0.1) is 10.4 Å². The Balaban J connectivity index is 0.00000312. The fraction of sp³-hybridized carbons (Fsp3) is 0. The standard InChI is InChI=1S/C15H9Cl3FNO3S.Na/c16-10-5-9(6-11(17)7-10)3-4-24(22,23)20-15(21)13-2-1-12(19)8-14(13)18;/h1-8H,(H,20,21);/q;+1/p-1/b4-3+;. The fourth-order valence-corrected chi connectivity index (χ4v) is 3.20. The molecule has 25 heavy (non-hydrogen) atoms. The van der Waals surface area contributed by atoms with Crippen molar-refractivity contribution in [1.29, 1.82) is 0 Å². The smallest absolute Gasteiger partial charge is 0.858 e. The topological polar surface area (TPSA) is 69.6 Å². The molecule has 2 aromatic rings. The second-order valence-electron chi connectivity index (χ2n) is 4.54. The van der Waals surface area contributed by atoms with E-state index < -0.39 is 21.7 Å². The van der Waals surface area contributed by atoms with Gasteiger partial charge in [0.15, 0.2) is 0 Å². The first-order chi connectivity index (χ1) is 11.2. The Morgan fingerprint density at radius 2 is 1.68 bits per heavy atom. The zero-order valence-corrected chi connectivity index (χ0v) is 17.8. The van der Waals surface area contributed by atoms with Crippen molar-refractivity contribution in [3.63, 3.8) is 0 Å². The van der Waals surface area contributed by atoms with Gasteiger partial charge in [0, 0.05) is 21.5 Å². The number of sulfonamides is 1. The van der Waals surface area contributed by atoms with Gasteiger partial charge in [0.1, 0.15) is 5.82 Å². The summed E-state index contributed by atoms with van der Waals surface area (Å²) >= 11 is 17.3. The molecule has 0 saturated heterocycles. The third-order valence-corrected chi connectivity index (χ3v) is 4.34. The van der Waals surface area contributed by atoms with Crippen LogP contribution in [0.3, 0.4) is 0 Å². The van der Waals surface area contributed by atoms with E-state index in [2.05, 4.69) is 4.40 Å². The van der Waals surface area contributed by atoms with Crippen LogP contribution < -0.4 is 34.7 Å². The molecule has 0 amide bonds. The number of benzene rings is 2. The molecule has 2 rings (SSSR count). The molecule has 0 saturated carbocycles. The third-order valence-electron chi connectivity index (χ3n) is 2.69. The molecule has 0 fully saturated rings. The summed E-state index contributed by atoms with van der Waals surface area (Å²) in [5.41, 5.74) is 0.194. The van der Waals surface area contributed by atoms with Crippen LogP contribution in [0.5, 0.6) is 0 Å². The summed E-state index contributed by atoms with van der Waals surface area (Å²) in [5, 5.41) is 13.0. The molecule has 0 heterocycles. The summed E-state index contributed by atoms with van der Waals surface area (Å²) in [6.07, 6.45) is 1.19. The molecular weight excluding hydrogens is 423 g/mol. The van der Waals surface area contributed by atoms with Crippen LogP contribution in [0.4, 0.5) is 4.39 Å². The zero-order valence-electron chi connectivity index (χ0n) is 12.7. The Kier molecular flexibility index (Phi) is 8.41. The van der Waals surface area contributed by atoms with Crippen LogP contribution in [0, 0.1) is 5.82 Å². The zero-order chi connectivity index (χ0) is 17.9. The summed E-state index contributed by atoms with van der Waals surface area (Å²) in [5.74, 6) is -1.76. The second-order valence-corrected chi connectivity index (χ2v) is 7.31. The quantitative estimate of drug-likeness (QED) is 0.411. The van der Waals surface area contributed by atoms with Crippen LogP contribution in [-0.2, 0) is 10.0 Å². The number of hydrogen-bond acceptors (Lipinski definition) is 3. The molecule has 0 N–H and O–H groups in total. The van der Waals surface area contributed by atoms with Gasteiger partial charge in [0.25, 0.3) is 10.0 Å². The maximum atomic E-state index is 12.9. The third kappa shape index (κ3) is 6.90. The van der Waals surface area contributed by atoms with Gasteiger partial charge in [-0.25, -0.2) is 4.39 Å². The first-order valence-electron chi connectivity index (χ1n) is 6.28. The van der Waals surface area contributed by atoms with Gasteiger partial charge in [-0.05, 0) is 48.0 Å². The molecule has 0 atom stereocenters. The number of rotatable bonds is 4. The molecule has 4 nitrogen and oxygen atoms in total. The van der Waals surface area contributed by atoms with Crippen LogP contribution in [-0.4, -0.2) is 14.3 Å². The van der Waals surface area contributed by atoms with Crippen LogP contribution in [0.2, 0.25) is 15.1 Å². The van der Waals surface area contributed by atoms with E-state index in [0.29, 0.717) is 15.6 Å². The van der Waals surface area contributed by atoms with Crippen molar-refractivity contribution in [1.82, 2.24) is 0 Å². The van der Waals surface area contributed by atoms with E-state index >= 15 is 0 Å². The van der Waals surface area contributed by atoms with Gasteiger partial charge in [-0.2, -0.15) is 12.8 Å². The first-order valence-corrected chi connectivity index (χ1v) is 8.91. The van der Waals surface area contributed by atoms with Crippen molar-refractivity contribution >= 4 is 56.8 Å². The van der Waals surface area contributed by atoms with Crippen molar-refractivity contribution in [2.75, 3.05) is 0 Å². The Morgan fingerprint density at radius 1 is 1.08 bits per heavy atom. The molecule has 0 spiro atoms. The molecule has 0 unspecified atom stereocenters. The van der Waals surface area contributed by atoms with Gasteiger partial charge in [-0.1, -0.05) is 34.8 Å². The fourth-order valence-electron chi connectivity index (χ4n) is 1.69. The van der Waals surface area contributed by atoms with E-state index in [9.17, 15) is 17.9 Å². The second kappa shape index (κ2) is 9.37. The first kappa shape index (κ1) is 22.4. The van der Waals surface area contributed by atoms with Crippen LogP contribution in [0.25, 0.3) is 6.08 Å². The number of nitrogens with zero attached hydrogens (tertiary/aromatic N) is 1. The maximum Gasteiger partial charge on any atom is 1.00 e. The Labute approximate surface area is 181 Å². The Bertz CT molecular complexity index is 929. The van der Waals surface area contributed by atoms with Crippen molar-refractivity contribution < 1.29 is 47.5 Å². The monoisotopic (exact) mass is 429 g/mol. The Morgan fingerprint density at radius 3 is 2.24 bits per heavy atom. The molecule has 0 aromatic heterocycles. The van der Waals surface area contributed by atoms with Gasteiger partial charge < -0.3 is 5.11 Å². The average Bonchev–Trinajstić information content (AvgIpc) is 2.43. The summed E-state index contributed by atoms with van der Waals surface area (Å²) in [6, 6.07) is 7.38. The molecule has 0 radical (unpaired) electrons. The Hall–Kier alpha value is -0.600. The molecule has 2 aromatic carbocycles. The molecule has 0 aliphatic rings. The minimum atomic E-state index is -4.22. The molecule has 126 valence electrons.